The zero-order valence-corrected chi connectivity index (χ0v) is 19.1. The molecule has 4 rings (SSSR count). The molecule has 2 amide bonds. The van der Waals surface area contributed by atoms with Gasteiger partial charge in [0, 0.05) is 69.0 Å². The summed E-state index contributed by atoms with van der Waals surface area (Å²) in [5.41, 5.74) is 3.52. The largest absolute Gasteiger partial charge is 0.372 e. The zero-order valence-electron chi connectivity index (χ0n) is 19.1. The van der Waals surface area contributed by atoms with E-state index in [1.165, 1.54) is 24.9 Å². The Morgan fingerprint density at radius 2 is 1.85 bits per heavy atom. The maximum Gasteiger partial charge on any atom is 0.253 e. The smallest absolute Gasteiger partial charge is 0.253 e. The third-order valence-electron chi connectivity index (χ3n) is 5.97. The molecule has 7 nitrogen and oxygen atoms in total. The SMILES string of the molecule is CN(Cc1ccc(N2CCCCC2)cc1)C(=O)c1cccc(NC(=O)CCn2ccnc2)c1. The van der Waals surface area contributed by atoms with E-state index in [-0.39, 0.29) is 11.8 Å². The summed E-state index contributed by atoms with van der Waals surface area (Å²) < 4.78 is 1.85. The highest BCUT2D eigenvalue weighted by molar-refractivity contribution is 5.97. The molecule has 1 aromatic heterocycles. The predicted octanol–water partition coefficient (Wildman–Crippen LogP) is 4.17. The molecule has 1 fully saturated rings. The van der Waals surface area contributed by atoms with Crippen molar-refractivity contribution in [2.75, 3.05) is 30.4 Å². The van der Waals surface area contributed by atoms with Crippen LogP contribution in [0.15, 0.2) is 67.3 Å². The van der Waals surface area contributed by atoms with Gasteiger partial charge in [-0.1, -0.05) is 18.2 Å². The van der Waals surface area contributed by atoms with Crippen LogP contribution in [-0.4, -0.2) is 46.4 Å². The maximum atomic E-state index is 13.0. The summed E-state index contributed by atoms with van der Waals surface area (Å²) in [5.74, 6) is -0.180. The highest BCUT2D eigenvalue weighted by Gasteiger charge is 2.15. The molecule has 0 saturated carbocycles. The Balaban J connectivity index is 1.32. The number of rotatable bonds is 8. The van der Waals surface area contributed by atoms with Gasteiger partial charge in [-0.3, -0.25) is 9.59 Å². The minimum absolute atomic E-state index is 0.0791. The number of piperidine rings is 1. The third kappa shape index (κ3) is 6.22. The minimum atomic E-state index is -0.101. The van der Waals surface area contributed by atoms with Crippen LogP contribution in [-0.2, 0) is 17.9 Å². The van der Waals surface area contributed by atoms with E-state index in [9.17, 15) is 9.59 Å². The second-order valence-corrected chi connectivity index (χ2v) is 8.55. The van der Waals surface area contributed by atoms with Gasteiger partial charge in [-0.15, -0.1) is 0 Å². The number of hydrogen-bond donors (Lipinski definition) is 1. The first-order chi connectivity index (χ1) is 16.1. The van der Waals surface area contributed by atoms with Crippen LogP contribution < -0.4 is 10.2 Å². The lowest BCUT2D eigenvalue weighted by Gasteiger charge is -2.29. The van der Waals surface area contributed by atoms with Crippen molar-refractivity contribution in [1.29, 1.82) is 0 Å². The number of nitrogens with zero attached hydrogens (tertiary/aromatic N) is 4. The van der Waals surface area contributed by atoms with E-state index in [0.29, 0.717) is 30.8 Å². The molecule has 1 saturated heterocycles. The van der Waals surface area contributed by atoms with E-state index in [1.807, 2.05) is 10.8 Å². The average molecular weight is 446 g/mol. The lowest BCUT2D eigenvalue weighted by Crippen LogP contribution is -2.29. The van der Waals surface area contributed by atoms with Gasteiger partial charge >= 0.3 is 0 Å². The van der Waals surface area contributed by atoms with Crippen molar-refractivity contribution in [3.8, 4) is 0 Å². The van der Waals surface area contributed by atoms with Crippen molar-refractivity contribution in [1.82, 2.24) is 14.5 Å². The number of amides is 2. The summed E-state index contributed by atoms with van der Waals surface area (Å²) in [6.07, 6.45) is 9.35. The van der Waals surface area contributed by atoms with E-state index < -0.39 is 0 Å². The van der Waals surface area contributed by atoms with Gasteiger partial charge < -0.3 is 19.7 Å². The Kier molecular flexibility index (Phi) is 7.40. The topological polar surface area (TPSA) is 70.5 Å². The van der Waals surface area contributed by atoms with E-state index in [2.05, 4.69) is 39.5 Å². The van der Waals surface area contributed by atoms with Gasteiger partial charge in [-0.25, -0.2) is 4.98 Å². The molecule has 2 heterocycles. The second kappa shape index (κ2) is 10.8. The van der Waals surface area contributed by atoms with E-state index in [4.69, 9.17) is 0 Å². The van der Waals surface area contributed by atoms with Crippen LogP contribution in [0, 0.1) is 0 Å². The fourth-order valence-electron chi connectivity index (χ4n) is 4.13. The molecule has 2 aromatic carbocycles. The molecule has 0 radical (unpaired) electrons. The molecular formula is C26H31N5O2. The molecule has 0 aliphatic carbocycles. The monoisotopic (exact) mass is 445 g/mol. The number of anilines is 2. The van der Waals surface area contributed by atoms with Crippen LogP contribution in [0.1, 0.15) is 41.6 Å². The van der Waals surface area contributed by atoms with Gasteiger partial charge in [0.05, 0.1) is 6.33 Å². The van der Waals surface area contributed by atoms with Crippen LogP contribution in [0.25, 0.3) is 0 Å². The summed E-state index contributed by atoms with van der Waals surface area (Å²) in [4.78, 5) is 33.3. The number of aryl methyl sites for hydroxylation is 1. The molecule has 0 atom stereocenters. The maximum absolute atomic E-state index is 13.0. The van der Waals surface area contributed by atoms with E-state index >= 15 is 0 Å². The first-order valence-electron chi connectivity index (χ1n) is 11.5. The highest BCUT2D eigenvalue weighted by Crippen LogP contribution is 2.21. The Labute approximate surface area is 195 Å². The first kappa shape index (κ1) is 22.6. The summed E-state index contributed by atoms with van der Waals surface area (Å²) in [5, 5.41) is 2.88. The van der Waals surface area contributed by atoms with E-state index in [1.54, 1.807) is 48.7 Å². The van der Waals surface area contributed by atoms with Gasteiger partial charge in [0.15, 0.2) is 0 Å². The summed E-state index contributed by atoms with van der Waals surface area (Å²) in [6, 6.07) is 15.6. The van der Waals surface area contributed by atoms with Gasteiger partial charge in [-0.2, -0.15) is 0 Å². The van der Waals surface area contributed by atoms with E-state index in [0.717, 1.165) is 18.7 Å². The number of nitrogens with one attached hydrogen (secondary N) is 1. The lowest BCUT2D eigenvalue weighted by atomic mass is 10.1. The minimum Gasteiger partial charge on any atom is -0.372 e. The van der Waals surface area contributed by atoms with Crippen LogP contribution in [0.3, 0.4) is 0 Å². The highest BCUT2D eigenvalue weighted by atomic mass is 16.2. The summed E-state index contributed by atoms with van der Waals surface area (Å²) in [6.45, 7) is 3.33. The molecule has 3 aromatic rings. The van der Waals surface area contributed by atoms with Gasteiger partial charge in [0.25, 0.3) is 5.91 Å². The molecule has 1 aliphatic rings. The van der Waals surface area contributed by atoms with Crippen molar-refractivity contribution < 1.29 is 9.59 Å². The molecule has 1 aliphatic heterocycles. The molecule has 7 heteroatoms. The van der Waals surface area contributed by atoms with Crippen molar-refractivity contribution >= 4 is 23.2 Å². The van der Waals surface area contributed by atoms with Crippen molar-refractivity contribution in [2.24, 2.45) is 0 Å². The normalized spacial score (nSPS) is 13.5. The Bertz CT molecular complexity index is 1060. The number of imidazole rings is 1. The lowest BCUT2D eigenvalue weighted by molar-refractivity contribution is -0.116. The van der Waals surface area contributed by atoms with Gasteiger partial charge in [0.2, 0.25) is 5.91 Å². The van der Waals surface area contributed by atoms with Gasteiger partial charge in [0.1, 0.15) is 0 Å². The van der Waals surface area contributed by atoms with Crippen molar-refractivity contribution in [2.45, 2.75) is 38.8 Å². The number of carbonyl (C=O) groups is 2. The Morgan fingerprint density at radius 3 is 2.58 bits per heavy atom. The van der Waals surface area contributed by atoms with Crippen LogP contribution in [0.5, 0.6) is 0 Å². The fraction of sp³-hybridized carbons (Fsp3) is 0.346. The van der Waals surface area contributed by atoms with Gasteiger partial charge in [-0.05, 0) is 55.2 Å². The predicted molar refractivity (Wildman–Crippen MR) is 130 cm³/mol. The number of carbonyl (C=O) groups excluding carboxylic acids is 2. The Morgan fingerprint density at radius 1 is 1.06 bits per heavy atom. The van der Waals surface area contributed by atoms with Crippen molar-refractivity contribution in [3.63, 3.8) is 0 Å². The van der Waals surface area contributed by atoms with Crippen LogP contribution in [0.2, 0.25) is 0 Å². The summed E-state index contributed by atoms with van der Waals surface area (Å²) >= 11 is 0. The third-order valence-corrected chi connectivity index (χ3v) is 5.97. The number of hydrogen-bond acceptors (Lipinski definition) is 4. The Hall–Kier alpha value is -3.61. The molecule has 0 bridgehead atoms. The zero-order chi connectivity index (χ0) is 23.0. The standard InChI is InChI=1S/C26H31N5O2/c1-29(19-21-8-10-24(11-9-21)31-14-3-2-4-15-31)26(33)22-6-5-7-23(18-22)28-25(32)12-16-30-17-13-27-20-30/h5-11,13,17-18,20H,2-4,12,14-16,19H2,1H3,(H,28,32). The quantitative estimate of drug-likeness (QED) is 0.565. The van der Waals surface area contributed by atoms with Crippen LogP contribution >= 0.6 is 0 Å². The summed E-state index contributed by atoms with van der Waals surface area (Å²) in [7, 11) is 1.80. The molecule has 172 valence electrons. The van der Waals surface area contributed by atoms with Crippen molar-refractivity contribution in [3.05, 3.63) is 78.4 Å². The number of aromatic nitrogens is 2. The number of benzene rings is 2. The second-order valence-electron chi connectivity index (χ2n) is 8.55. The molecule has 1 N–H and O–H groups in total. The van der Waals surface area contributed by atoms with Crippen LogP contribution in [0.4, 0.5) is 11.4 Å². The first-order valence-corrected chi connectivity index (χ1v) is 11.5. The molecular weight excluding hydrogens is 414 g/mol. The average Bonchev–Trinajstić information content (AvgIpc) is 3.37. The molecule has 33 heavy (non-hydrogen) atoms. The fourth-order valence-corrected chi connectivity index (χ4v) is 4.13. The molecule has 0 spiro atoms. The molecule has 0 unspecified atom stereocenters.